The molecule has 6 heterocycles. The molecule has 0 fully saturated rings. The van der Waals surface area contributed by atoms with Gasteiger partial charge in [0, 0.05) is 38.1 Å². The molecular weight excluding hydrogens is 1490 g/mol. The molecule has 9 aromatic rings. The molecule has 0 saturated carbocycles. The molecule has 3 aromatic heterocycles. The van der Waals surface area contributed by atoms with Gasteiger partial charge in [-0.1, -0.05) is 88.7 Å². The number of aliphatic hydroxyl groups excluding tert-OH is 2. The number of aromatic carboxylic acids is 1. The number of hydrogen-bond donors (Lipinski definition) is 7. The summed E-state index contributed by atoms with van der Waals surface area (Å²) in [6.45, 7) is 17.2. The van der Waals surface area contributed by atoms with E-state index in [2.05, 4.69) is 67.0 Å². The third kappa shape index (κ3) is 22.0. The number of methoxy groups -OCH3 is 2. The molecule has 3 atom stereocenters. The molecule has 0 bridgehead atoms. The summed E-state index contributed by atoms with van der Waals surface area (Å²) in [4.78, 5) is 77.8. The smallest absolute Gasteiger partial charge is 0.337 e. The highest BCUT2D eigenvalue weighted by molar-refractivity contribution is 9.08. The number of amides is 3. The van der Waals surface area contributed by atoms with Gasteiger partial charge in [-0.05, 0) is 148 Å². The number of hydrogen-bond acceptors (Lipinski definition) is 22. The number of halogens is 1. The van der Waals surface area contributed by atoms with Crippen molar-refractivity contribution in [1.82, 2.24) is 45.3 Å². The van der Waals surface area contributed by atoms with E-state index in [0.717, 1.165) is 82.2 Å². The van der Waals surface area contributed by atoms with Crippen LogP contribution in [0.5, 0.6) is 17.2 Å². The summed E-state index contributed by atoms with van der Waals surface area (Å²) in [5, 5.41) is 53.2. The van der Waals surface area contributed by atoms with Crippen molar-refractivity contribution in [3.05, 3.63) is 229 Å². The number of aliphatic hydroxyl groups is 2. The Morgan fingerprint density at radius 3 is 1.28 bits per heavy atom. The van der Waals surface area contributed by atoms with Crippen molar-refractivity contribution in [2.75, 3.05) is 94.9 Å². The largest absolute Gasteiger partial charge is 0.491 e. The lowest BCUT2D eigenvalue weighted by Crippen LogP contribution is -2.29. The number of carbonyl (C=O) groups excluding carboxylic acids is 5. The second-order valence-corrected chi connectivity index (χ2v) is 27.9. The Morgan fingerprint density at radius 1 is 0.505 bits per heavy atom. The summed E-state index contributed by atoms with van der Waals surface area (Å²) in [5.74, 6) is 2.02. The molecule has 12 rings (SSSR count). The van der Waals surface area contributed by atoms with Gasteiger partial charge in [-0.3, -0.25) is 18.6 Å². The normalized spacial score (nSPS) is 13.2. The van der Waals surface area contributed by atoms with E-state index in [9.17, 15) is 37.2 Å². The van der Waals surface area contributed by atoms with Gasteiger partial charge in [0.05, 0.1) is 105 Å². The number of benzene rings is 6. The molecule has 7 N–H and O–H groups in total. The maximum Gasteiger partial charge on any atom is 0.337 e. The van der Waals surface area contributed by atoms with Gasteiger partial charge in [0.25, 0.3) is 27.8 Å². The Balaban J connectivity index is 0.000000178. The Bertz CT molecular complexity index is 4760. The maximum absolute atomic E-state index is 13.4. The second-order valence-electron chi connectivity index (χ2n) is 25.7. The topological polar surface area (TPSA) is 361 Å². The number of nitrogens with zero attached hydrogens (tertiary/aromatic N) is 8. The zero-order chi connectivity index (χ0) is 78.5. The van der Waals surface area contributed by atoms with Gasteiger partial charge in [-0.15, -0.1) is 0 Å². The number of ether oxygens (including phenoxy) is 5. The van der Waals surface area contributed by atoms with Crippen LogP contribution in [-0.2, 0) is 61.8 Å². The molecule has 109 heavy (non-hydrogen) atoms. The number of rotatable bonds is 28. The van der Waals surface area contributed by atoms with Crippen molar-refractivity contribution in [3.8, 4) is 17.2 Å². The molecule has 3 aliphatic rings. The number of nitrogens with one attached hydrogen (secondary N) is 4. The van der Waals surface area contributed by atoms with Crippen molar-refractivity contribution in [3.63, 3.8) is 0 Å². The van der Waals surface area contributed by atoms with E-state index in [4.69, 9.17) is 38.5 Å². The highest BCUT2D eigenvalue weighted by atomic mass is 79.9. The molecule has 0 unspecified atom stereocenters. The minimum absolute atomic E-state index is 0.0462. The van der Waals surface area contributed by atoms with Crippen molar-refractivity contribution in [2.45, 2.75) is 97.7 Å². The first-order valence-corrected chi connectivity index (χ1v) is 38.1. The van der Waals surface area contributed by atoms with Gasteiger partial charge in [0.15, 0.2) is 0 Å². The number of carboxylic acid groups (broad SMARTS) is 1. The minimum atomic E-state index is -3.51. The first kappa shape index (κ1) is 81.9. The van der Waals surface area contributed by atoms with Crippen LogP contribution in [0.1, 0.15) is 152 Å². The van der Waals surface area contributed by atoms with E-state index in [0.29, 0.717) is 95.7 Å². The third-order valence-electron chi connectivity index (χ3n) is 17.7. The summed E-state index contributed by atoms with van der Waals surface area (Å²) < 4.78 is 58.3. The average molecular weight is 1580 g/mol. The molecule has 0 spiro atoms. The first-order chi connectivity index (χ1) is 52.3. The van der Waals surface area contributed by atoms with Crippen LogP contribution in [0.4, 0.5) is 17.5 Å². The lowest BCUT2D eigenvalue weighted by atomic mass is 10.1. The van der Waals surface area contributed by atoms with Crippen LogP contribution in [0, 0.1) is 20.8 Å². The zero-order valence-electron chi connectivity index (χ0n) is 62.1. The van der Waals surface area contributed by atoms with Crippen molar-refractivity contribution in [2.24, 2.45) is 0 Å². The van der Waals surface area contributed by atoms with Gasteiger partial charge in [-0.2, -0.15) is 23.7 Å². The highest BCUT2D eigenvalue weighted by Gasteiger charge is 2.33. The summed E-state index contributed by atoms with van der Waals surface area (Å²) in [5.41, 5.74) is 10.5. The van der Waals surface area contributed by atoms with Crippen LogP contribution in [-0.4, -0.2) is 168 Å². The van der Waals surface area contributed by atoms with Crippen LogP contribution in [0.15, 0.2) is 146 Å². The SMILES string of the molecule is COC(=O)c1ccc([C@H](C)NC(=O)c2c(C)nn3c2N(Cc2cccc(OCCOS(C)(=O)=O)c2)CC3)cc1.COC(=O)c1ccc([C@H](C)NC(=O)c2c(C)nn3c2NCC3)cc1.Cc1nn2c(c1C(=O)N[C@@H](C)c1ccc(C(=O)O)cc1)N(Cc1cccc(OCCO)c1)CC2.OCCOc1cccc(CBr)c1. The van der Waals surface area contributed by atoms with Crippen molar-refractivity contribution < 1.29 is 80.4 Å². The van der Waals surface area contributed by atoms with Crippen molar-refractivity contribution >= 4 is 79.1 Å². The number of alkyl halides is 1. The van der Waals surface area contributed by atoms with Crippen LogP contribution in [0.25, 0.3) is 0 Å². The number of carboxylic acids is 1. The molecule has 31 heteroatoms. The van der Waals surface area contributed by atoms with E-state index in [1.807, 2.05) is 134 Å². The predicted molar refractivity (Wildman–Crippen MR) is 411 cm³/mol. The van der Waals surface area contributed by atoms with Gasteiger partial charge < -0.3 is 70.1 Å². The van der Waals surface area contributed by atoms with E-state index >= 15 is 0 Å². The molecule has 578 valence electrons. The fourth-order valence-electron chi connectivity index (χ4n) is 12.4. The summed E-state index contributed by atoms with van der Waals surface area (Å²) in [7, 11) is -0.834. The van der Waals surface area contributed by atoms with E-state index < -0.39 is 22.1 Å². The molecular formula is C78H91BrN12O17S. The quantitative estimate of drug-likeness (QED) is 0.0104. The zero-order valence-corrected chi connectivity index (χ0v) is 64.5. The molecule has 6 aromatic carbocycles. The monoisotopic (exact) mass is 1580 g/mol. The third-order valence-corrected chi connectivity index (χ3v) is 19.0. The van der Waals surface area contributed by atoms with Crippen molar-refractivity contribution in [1.29, 1.82) is 0 Å². The Hall–Kier alpha value is -11.1. The molecule has 0 radical (unpaired) electrons. The number of aromatic nitrogens is 6. The standard InChI is InChI=1S/C27H32N4O7S.C25H28N4O5.C17H20N4O3.C9H11BrO2/c1-18(21-8-10-22(11-9-21)27(33)36-3)28-25(32)24-19(2)29-31-13-12-30(26(24)31)17-20-6-5-7-23(16-20)37-14-15-38-39(4,34)35;1-16(19-6-8-20(9-7-19)25(32)33)26-23(31)22-17(2)27-29-11-10-28(24(22)29)15-18-4-3-5-21(14-18)34-13-12-30;1-10(12-4-6-13(7-5-12)17(23)24-3)19-16(22)14-11(2)20-21-9-8-18-15(14)21;10-7-8-2-1-3-9(6-8)12-5-4-11/h5-11,16,18H,12-15,17H2,1-4H3,(H,28,32);3-9,14,16,30H,10-13,15H2,1-2H3,(H,26,31)(H,32,33);4-7,10,18H,8-9H2,1-3H3,(H,19,22);1-3,6,11H,4-5,7H2/t18-;16-;10-;/m000./s1. The lowest BCUT2D eigenvalue weighted by Gasteiger charge is -2.21. The maximum atomic E-state index is 13.4. The summed E-state index contributed by atoms with van der Waals surface area (Å²) in [6, 6.07) is 42.6. The van der Waals surface area contributed by atoms with E-state index in [1.54, 1.807) is 54.6 Å². The van der Waals surface area contributed by atoms with Crippen LogP contribution < -0.4 is 45.3 Å². The van der Waals surface area contributed by atoms with Crippen LogP contribution in [0.2, 0.25) is 0 Å². The number of anilines is 3. The van der Waals surface area contributed by atoms with E-state index in [-0.39, 0.29) is 80.4 Å². The number of aryl methyl sites for hydroxylation is 3. The average Bonchev–Trinajstić information content (AvgIpc) is 1.62. The predicted octanol–water partition coefficient (Wildman–Crippen LogP) is 9.46. The molecule has 29 nitrogen and oxygen atoms in total. The van der Waals surface area contributed by atoms with Crippen LogP contribution >= 0.6 is 15.9 Å². The number of esters is 2. The van der Waals surface area contributed by atoms with Crippen LogP contribution in [0.3, 0.4) is 0 Å². The first-order valence-electron chi connectivity index (χ1n) is 35.2. The number of fused-ring (bicyclic) bond motifs is 3. The van der Waals surface area contributed by atoms with Gasteiger partial charge in [0.1, 0.15) is 77.8 Å². The molecule has 0 aliphatic carbocycles. The van der Waals surface area contributed by atoms with E-state index in [1.165, 1.54) is 31.9 Å². The van der Waals surface area contributed by atoms with Gasteiger partial charge in [0.2, 0.25) is 0 Å². The fraction of sp³-hybridized carbons (Fsp3) is 0.346. The molecule has 3 aliphatic heterocycles. The summed E-state index contributed by atoms with van der Waals surface area (Å²) >= 11 is 3.35. The Labute approximate surface area is 640 Å². The molecule has 0 saturated heterocycles. The van der Waals surface area contributed by atoms with Gasteiger partial charge in [-0.25, -0.2) is 28.4 Å². The Kier molecular flexibility index (Phi) is 29.0. The summed E-state index contributed by atoms with van der Waals surface area (Å²) in [6.07, 6.45) is 0.995. The Morgan fingerprint density at radius 2 is 0.881 bits per heavy atom. The lowest BCUT2D eigenvalue weighted by molar-refractivity contribution is 0.0592. The second kappa shape index (κ2) is 38.6. The number of carbonyl (C=O) groups is 6. The minimum Gasteiger partial charge on any atom is -0.491 e. The van der Waals surface area contributed by atoms with Gasteiger partial charge >= 0.3 is 17.9 Å². The molecule has 3 amide bonds. The highest BCUT2D eigenvalue weighted by Crippen LogP contribution is 2.34. The fourth-order valence-corrected chi connectivity index (χ4v) is 13.1.